The van der Waals surface area contributed by atoms with Crippen molar-refractivity contribution in [2.24, 2.45) is 5.92 Å². The number of rotatable bonds is 10. The van der Waals surface area contributed by atoms with Gasteiger partial charge in [-0.1, -0.05) is 26.5 Å². The van der Waals surface area contributed by atoms with Crippen LogP contribution in [-0.4, -0.2) is 59.9 Å². The van der Waals surface area contributed by atoms with Crippen LogP contribution in [-0.2, 0) is 9.59 Å². The molecule has 0 bridgehead atoms. The van der Waals surface area contributed by atoms with E-state index in [0.717, 1.165) is 22.2 Å². The van der Waals surface area contributed by atoms with Crippen molar-refractivity contribution >= 4 is 34.1 Å². The molecule has 0 atom stereocenters. The van der Waals surface area contributed by atoms with Crippen molar-refractivity contribution in [3.8, 4) is 22.6 Å². The van der Waals surface area contributed by atoms with Gasteiger partial charge in [-0.25, -0.2) is 9.97 Å². The number of amides is 2. The number of aromatic amines is 2. The number of H-pyrrole nitrogens is 2. The van der Waals surface area contributed by atoms with Crippen molar-refractivity contribution in [3.05, 3.63) is 60.8 Å². The van der Waals surface area contributed by atoms with E-state index in [4.69, 9.17) is 4.98 Å². The Morgan fingerprint density at radius 2 is 1.87 bits per heavy atom. The van der Waals surface area contributed by atoms with E-state index >= 15 is 0 Å². The molecule has 4 rings (SSSR count). The van der Waals surface area contributed by atoms with Gasteiger partial charge in [-0.2, -0.15) is 5.10 Å². The van der Waals surface area contributed by atoms with Crippen LogP contribution in [0.25, 0.3) is 39.3 Å². The van der Waals surface area contributed by atoms with Crippen molar-refractivity contribution in [3.63, 3.8) is 0 Å². The topological polar surface area (TPSA) is 133 Å². The van der Waals surface area contributed by atoms with Crippen LogP contribution in [0.2, 0.25) is 0 Å². The van der Waals surface area contributed by atoms with Gasteiger partial charge in [0, 0.05) is 48.7 Å². The predicted octanol–water partition coefficient (Wildman–Crippen LogP) is 5.14. The first-order valence-electron chi connectivity index (χ1n) is 13.0. The van der Waals surface area contributed by atoms with E-state index < -0.39 is 0 Å². The molecule has 0 aromatic carbocycles. The minimum Gasteiger partial charge on any atom is -0.340 e. The molecule has 0 fully saturated rings. The van der Waals surface area contributed by atoms with E-state index in [1.807, 2.05) is 46.8 Å². The smallest absolute Gasteiger partial charge is 0.256 e. The Bertz CT molecular complexity index is 1540. The van der Waals surface area contributed by atoms with Crippen molar-refractivity contribution in [1.82, 2.24) is 35.0 Å². The van der Waals surface area contributed by atoms with Gasteiger partial charge in [0.15, 0.2) is 11.5 Å². The fourth-order valence-corrected chi connectivity index (χ4v) is 4.38. The Labute approximate surface area is 227 Å². The first-order chi connectivity index (χ1) is 18.7. The first kappa shape index (κ1) is 27.4. The van der Waals surface area contributed by atoms with Gasteiger partial charge in [0.1, 0.15) is 5.69 Å². The van der Waals surface area contributed by atoms with Crippen molar-refractivity contribution in [2.45, 2.75) is 41.0 Å². The van der Waals surface area contributed by atoms with Crippen LogP contribution in [0.3, 0.4) is 0 Å². The molecule has 0 radical (unpaired) electrons. The number of aromatic nitrogens is 6. The van der Waals surface area contributed by atoms with Gasteiger partial charge in [-0.05, 0) is 44.9 Å². The summed E-state index contributed by atoms with van der Waals surface area (Å²) < 4.78 is 0. The van der Waals surface area contributed by atoms with Gasteiger partial charge in [0.05, 0.1) is 28.5 Å². The quantitative estimate of drug-likeness (QED) is 0.194. The van der Waals surface area contributed by atoms with Crippen molar-refractivity contribution in [2.75, 3.05) is 18.4 Å². The number of carbonyl (C=O) groups is 2. The number of pyridine rings is 2. The normalized spacial score (nSPS) is 11.7. The minimum atomic E-state index is -0.104. The number of imidazole rings is 1. The first-order valence-corrected chi connectivity index (χ1v) is 13.0. The Kier molecular flexibility index (Phi) is 8.33. The second kappa shape index (κ2) is 11.8. The molecule has 10 nitrogen and oxygen atoms in total. The Morgan fingerprint density at radius 3 is 2.56 bits per heavy atom. The second-order valence-electron chi connectivity index (χ2n) is 9.65. The highest BCUT2D eigenvalue weighted by molar-refractivity contribution is 6.19. The summed E-state index contributed by atoms with van der Waals surface area (Å²) in [6.45, 7) is 14.7. The van der Waals surface area contributed by atoms with Crippen molar-refractivity contribution < 1.29 is 9.59 Å². The SMILES string of the molecule is C=C/C=C(/C(=O)N(CC)CC)c1nc(-c2[nH]nc3ncc(-c4cncc(NC(=O)CC(C)C)c4)cc23)[nH]c1C. The molecule has 3 N–H and O–H groups in total. The van der Waals surface area contributed by atoms with Gasteiger partial charge in [0.2, 0.25) is 5.91 Å². The fourth-order valence-electron chi connectivity index (χ4n) is 4.38. The number of carbonyl (C=O) groups excluding carboxylic acids is 2. The third kappa shape index (κ3) is 5.95. The molecule has 4 aromatic rings. The largest absolute Gasteiger partial charge is 0.340 e. The number of hydrogen-bond donors (Lipinski definition) is 3. The van der Waals surface area contributed by atoms with Gasteiger partial charge >= 0.3 is 0 Å². The van der Waals surface area contributed by atoms with Gasteiger partial charge in [-0.3, -0.25) is 19.7 Å². The van der Waals surface area contributed by atoms with E-state index in [0.29, 0.717) is 53.6 Å². The molecule has 0 aliphatic heterocycles. The maximum Gasteiger partial charge on any atom is 0.256 e. The summed E-state index contributed by atoms with van der Waals surface area (Å²) in [4.78, 5) is 44.1. The van der Waals surface area contributed by atoms with Gasteiger partial charge in [0.25, 0.3) is 5.91 Å². The molecule has 10 heteroatoms. The summed E-state index contributed by atoms with van der Waals surface area (Å²) in [7, 11) is 0. The molecule has 4 heterocycles. The summed E-state index contributed by atoms with van der Waals surface area (Å²) in [5.41, 5.74) is 5.19. The summed E-state index contributed by atoms with van der Waals surface area (Å²) in [5.74, 6) is 0.645. The highest BCUT2D eigenvalue weighted by Crippen LogP contribution is 2.30. The average Bonchev–Trinajstić information content (AvgIpc) is 3.50. The lowest BCUT2D eigenvalue weighted by Crippen LogP contribution is -2.31. The van der Waals surface area contributed by atoms with Crippen molar-refractivity contribution in [1.29, 1.82) is 0 Å². The molecular weight excluding hydrogens is 492 g/mol. The van der Waals surface area contributed by atoms with Crippen LogP contribution in [0, 0.1) is 12.8 Å². The van der Waals surface area contributed by atoms with Crippen LogP contribution in [0.15, 0.2) is 49.5 Å². The molecular formula is C29H34N8O2. The van der Waals surface area contributed by atoms with Gasteiger partial charge < -0.3 is 15.2 Å². The maximum absolute atomic E-state index is 13.2. The summed E-state index contributed by atoms with van der Waals surface area (Å²) in [6, 6.07) is 3.82. The Hall–Kier alpha value is -4.60. The predicted molar refractivity (Wildman–Crippen MR) is 154 cm³/mol. The lowest BCUT2D eigenvalue weighted by Gasteiger charge is -2.19. The molecule has 39 heavy (non-hydrogen) atoms. The third-order valence-corrected chi connectivity index (χ3v) is 6.30. The number of nitrogens with one attached hydrogen (secondary N) is 3. The number of likely N-dealkylation sites (N-methyl/N-ethyl adjacent to an activating group) is 1. The molecule has 0 aliphatic rings. The molecule has 202 valence electrons. The molecule has 0 saturated heterocycles. The van der Waals surface area contributed by atoms with Crippen LogP contribution in [0.4, 0.5) is 5.69 Å². The van der Waals surface area contributed by atoms with E-state index in [-0.39, 0.29) is 17.7 Å². The van der Waals surface area contributed by atoms with Gasteiger partial charge in [-0.15, -0.1) is 0 Å². The maximum atomic E-state index is 13.2. The Balaban J connectivity index is 1.70. The third-order valence-electron chi connectivity index (χ3n) is 6.30. The summed E-state index contributed by atoms with van der Waals surface area (Å²) in [6.07, 6.45) is 8.79. The van der Waals surface area contributed by atoms with E-state index in [9.17, 15) is 9.59 Å². The molecule has 0 spiro atoms. The van der Waals surface area contributed by atoms with Crippen LogP contribution in [0.1, 0.15) is 45.5 Å². The van der Waals surface area contributed by atoms with E-state index in [2.05, 4.69) is 37.0 Å². The molecule has 0 aliphatic carbocycles. The minimum absolute atomic E-state index is 0.0528. The monoisotopic (exact) mass is 526 g/mol. The lowest BCUT2D eigenvalue weighted by atomic mass is 10.1. The lowest BCUT2D eigenvalue weighted by molar-refractivity contribution is -0.124. The molecule has 4 aromatic heterocycles. The number of aryl methyl sites for hydroxylation is 1. The number of anilines is 1. The molecule has 0 unspecified atom stereocenters. The number of nitrogens with zero attached hydrogens (tertiary/aromatic N) is 5. The highest BCUT2D eigenvalue weighted by Gasteiger charge is 2.23. The van der Waals surface area contributed by atoms with Crippen LogP contribution < -0.4 is 5.32 Å². The zero-order valence-electron chi connectivity index (χ0n) is 23.0. The molecule has 2 amide bonds. The zero-order valence-corrected chi connectivity index (χ0v) is 23.0. The average molecular weight is 527 g/mol. The standard InChI is InChI=1S/C29H34N8O2/c1-7-10-22(29(39)37(8-2)9-3)25-18(6)32-28(34-25)26-23-13-20(15-31-27(23)36-35-26)19-12-21(16-30-14-19)33-24(38)11-17(4)5/h7,10,12-17H,1,8-9,11H2,2-6H3,(H,32,34)(H,33,38)(H,31,35,36)/b22-10+. The second-order valence-corrected chi connectivity index (χ2v) is 9.65. The number of fused-ring (bicyclic) bond motifs is 1. The fraction of sp³-hybridized carbons (Fsp3) is 0.310. The van der Waals surface area contributed by atoms with Crippen LogP contribution in [0.5, 0.6) is 0 Å². The number of hydrogen-bond acceptors (Lipinski definition) is 6. The highest BCUT2D eigenvalue weighted by atomic mass is 16.2. The number of allylic oxidation sites excluding steroid dienone is 2. The van der Waals surface area contributed by atoms with Crippen LogP contribution >= 0.6 is 0 Å². The molecule has 0 saturated carbocycles. The van der Waals surface area contributed by atoms with E-state index in [1.165, 1.54) is 0 Å². The summed E-state index contributed by atoms with van der Waals surface area (Å²) in [5, 5.41) is 11.1. The zero-order chi connectivity index (χ0) is 28.1. The summed E-state index contributed by atoms with van der Waals surface area (Å²) >= 11 is 0. The Morgan fingerprint density at radius 1 is 1.13 bits per heavy atom. The van der Waals surface area contributed by atoms with E-state index in [1.54, 1.807) is 35.6 Å².